The number of ether oxygens (including phenoxy) is 1. The molecule has 3 heterocycles. The summed E-state index contributed by atoms with van der Waals surface area (Å²) in [6, 6.07) is 18.7. The number of fused-ring (bicyclic) bond motifs is 1. The molecule has 2 aliphatic rings. The number of aryl methyl sites for hydroxylation is 1. The lowest BCUT2D eigenvalue weighted by Crippen LogP contribution is -2.50. The first-order valence-corrected chi connectivity index (χ1v) is 10.8. The molecule has 0 saturated heterocycles. The average Bonchev–Trinajstić information content (AvgIpc) is 3.49. The fourth-order valence-electron chi connectivity index (χ4n) is 4.20. The molecule has 0 fully saturated rings. The zero-order chi connectivity index (χ0) is 22.9. The Morgan fingerprint density at radius 2 is 1.88 bits per heavy atom. The second-order valence-electron chi connectivity index (χ2n) is 8.24. The molecule has 0 bridgehead atoms. The summed E-state index contributed by atoms with van der Waals surface area (Å²) in [5.74, 6) is 0.412. The van der Waals surface area contributed by atoms with E-state index >= 15 is 0 Å². The first-order chi connectivity index (χ1) is 16.0. The summed E-state index contributed by atoms with van der Waals surface area (Å²) in [6.07, 6.45) is 1.31. The molecule has 33 heavy (non-hydrogen) atoms. The van der Waals surface area contributed by atoms with Crippen LogP contribution in [-0.4, -0.2) is 41.7 Å². The monoisotopic (exact) mass is 444 g/mol. The van der Waals surface area contributed by atoms with E-state index < -0.39 is 12.0 Å². The van der Waals surface area contributed by atoms with Crippen molar-refractivity contribution in [2.45, 2.75) is 25.5 Å². The minimum absolute atomic E-state index is 0.0199. The van der Waals surface area contributed by atoms with Gasteiger partial charge in [-0.15, -0.1) is 0 Å². The van der Waals surface area contributed by atoms with Crippen molar-refractivity contribution in [2.24, 2.45) is 10.8 Å². The molecule has 0 unspecified atom stereocenters. The van der Waals surface area contributed by atoms with Gasteiger partial charge in [0.1, 0.15) is 17.6 Å². The Morgan fingerprint density at radius 1 is 1.09 bits per heavy atom. The maximum atomic E-state index is 13.5. The van der Waals surface area contributed by atoms with E-state index in [2.05, 4.69) is 0 Å². The van der Waals surface area contributed by atoms with E-state index in [4.69, 9.17) is 20.0 Å². The minimum Gasteiger partial charge on any atom is -0.477 e. The zero-order valence-corrected chi connectivity index (χ0v) is 18.2. The molecule has 5 rings (SSSR count). The smallest absolute Gasteiger partial charge is 0.262 e. The number of para-hydroxylation sites is 2. The van der Waals surface area contributed by atoms with Crippen LogP contribution in [0, 0.1) is 6.92 Å². The molecule has 0 saturated carbocycles. The van der Waals surface area contributed by atoms with Crippen LogP contribution in [-0.2, 0) is 9.59 Å². The number of benzene rings is 2. The quantitative estimate of drug-likeness (QED) is 0.652. The van der Waals surface area contributed by atoms with Crippen molar-refractivity contribution in [1.29, 1.82) is 0 Å². The number of furan rings is 1. The van der Waals surface area contributed by atoms with Gasteiger partial charge in [-0.1, -0.05) is 42.0 Å². The highest BCUT2D eigenvalue weighted by Crippen LogP contribution is 2.36. The number of nitrogens with zero attached hydrogens (tertiary/aromatic N) is 3. The topological polar surface area (TPSA) is 101 Å². The van der Waals surface area contributed by atoms with E-state index in [0.717, 1.165) is 22.5 Å². The second kappa shape index (κ2) is 8.46. The molecule has 0 radical (unpaired) electrons. The van der Waals surface area contributed by atoms with Gasteiger partial charge in [0.15, 0.2) is 6.10 Å². The van der Waals surface area contributed by atoms with Crippen molar-refractivity contribution in [3.63, 3.8) is 0 Å². The Bertz CT molecular complexity index is 1200. The second-order valence-corrected chi connectivity index (χ2v) is 8.24. The van der Waals surface area contributed by atoms with Crippen molar-refractivity contribution >= 4 is 23.2 Å². The van der Waals surface area contributed by atoms with Crippen LogP contribution in [0.2, 0.25) is 0 Å². The van der Waals surface area contributed by atoms with Crippen molar-refractivity contribution < 1.29 is 18.7 Å². The van der Waals surface area contributed by atoms with E-state index in [0.29, 0.717) is 17.9 Å². The van der Waals surface area contributed by atoms with E-state index in [1.54, 1.807) is 18.4 Å². The summed E-state index contributed by atoms with van der Waals surface area (Å²) >= 11 is 0. The van der Waals surface area contributed by atoms with Crippen LogP contribution in [0.1, 0.15) is 29.3 Å². The fraction of sp³-hybridized carbons (Fsp3) is 0.240. The van der Waals surface area contributed by atoms with Gasteiger partial charge in [0.05, 0.1) is 30.8 Å². The summed E-state index contributed by atoms with van der Waals surface area (Å²) in [7, 11) is 0. The third kappa shape index (κ3) is 4.07. The SMILES string of the molecule is Cc1ccc(C2=NN(C(=O)CN3C[C@H](C(N)=O)Oc4ccccc43)[C@H](c3ccco3)C2)cc1. The third-order valence-electron chi connectivity index (χ3n) is 5.93. The molecule has 1 aromatic heterocycles. The van der Waals surface area contributed by atoms with Crippen molar-refractivity contribution in [2.75, 3.05) is 18.0 Å². The highest BCUT2D eigenvalue weighted by atomic mass is 16.5. The van der Waals surface area contributed by atoms with Gasteiger partial charge in [-0.05, 0) is 36.8 Å². The summed E-state index contributed by atoms with van der Waals surface area (Å²) in [4.78, 5) is 27.2. The van der Waals surface area contributed by atoms with E-state index in [9.17, 15) is 9.59 Å². The molecular weight excluding hydrogens is 420 g/mol. The number of primary amides is 1. The third-order valence-corrected chi connectivity index (χ3v) is 5.93. The van der Waals surface area contributed by atoms with Crippen LogP contribution in [0.15, 0.2) is 76.4 Å². The van der Waals surface area contributed by atoms with Crippen LogP contribution >= 0.6 is 0 Å². The van der Waals surface area contributed by atoms with Crippen LogP contribution in [0.3, 0.4) is 0 Å². The molecule has 2 amide bonds. The molecule has 2 aliphatic heterocycles. The average molecular weight is 444 g/mol. The number of carbonyl (C=O) groups excluding carboxylic acids is 2. The van der Waals surface area contributed by atoms with E-state index in [1.165, 1.54) is 5.01 Å². The maximum Gasteiger partial charge on any atom is 0.262 e. The van der Waals surface area contributed by atoms with E-state index in [-0.39, 0.29) is 25.0 Å². The summed E-state index contributed by atoms with van der Waals surface area (Å²) in [5, 5.41) is 6.18. The van der Waals surface area contributed by atoms with Gasteiger partial charge in [0.25, 0.3) is 11.8 Å². The summed E-state index contributed by atoms with van der Waals surface area (Å²) in [6.45, 7) is 2.24. The summed E-state index contributed by atoms with van der Waals surface area (Å²) in [5.41, 5.74) is 9.18. The number of rotatable bonds is 5. The number of amides is 2. The lowest BCUT2D eigenvalue weighted by molar-refractivity contribution is -0.132. The maximum absolute atomic E-state index is 13.5. The zero-order valence-electron chi connectivity index (χ0n) is 18.2. The predicted octanol–water partition coefficient (Wildman–Crippen LogP) is 3.02. The molecular formula is C25H24N4O4. The largest absolute Gasteiger partial charge is 0.477 e. The lowest BCUT2D eigenvalue weighted by atomic mass is 10.0. The van der Waals surface area contributed by atoms with Crippen LogP contribution in [0.25, 0.3) is 0 Å². The van der Waals surface area contributed by atoms with Gasteiger partial charge in [-0.3, -0.25) is 9.59 Å². The van der Waals surface area contributed by atoms with Gasteiger partial charge in [0, 0.05) is 6.42 Å². The Kier molecular flexibility index (Phi) is 5.34. The Labute approximate surface area is 191 Å². The highest BCUT2D eigenvalue weighted by molar-refractivity contribution is 6.03. The predicted molar refractivity (Wildman–Crippen MR) is 123 cm³/mol. The van der Waals surface area contributed by atoms with Gasteiger partial charge >= 0.3 is 0 Å². The molecule has 168 valence electrons. The molecule has 8 heteroatoms. The molecule has 0 spiro atoms. The number of anilines is 1. The van der Waals surface area contributed by atoms with Crippen LogP contribution < -0.4 is 15.4 Å². The molecule has 2 atom stereocenters. The van der Waals surface area contributed by atoms with Crippen molar-refractivity contribution in [3.05, 3.63) is 83.8 Å². The number of carbonyl (C=O) groups is 2. The Morgan fingerprint density at radius 3 is 2.61 bits per heavy atom. The fourth-order valence-corrected chi connectivity index (χ4v) is 4.20. The first kappa shape index (κ1) is 20.8. The van der Waals surface area contributed by atoms with E-state index in [1.807, 2.05) is 60.4 Å². The van der Waals surface area contributed by atoms with Gasteiger partial charge in [-0.2, -0.15) is 5.10 Å². The van der Waals surface area contributed by atoms with Gasteiger partial charge < -0.3 is 19.8 Å². The summed E-state index contributed by atoms with van der Waals surface area (Å²) < 4.78 is 11.3. The van der Waals surface area contributed by atoms with Crippen molar-refractivity contribution in [1.82, 2.24) is 5.01 Å². The first-order valence-electron chi connectivity index (χ1n) is 10.8. The van der Waals surface area contributed by atoms with Gasteiger partial charge in [0.2, 0.25) is 0 Å². The van der Waals surface area contributed by atoms with Crippen molar-refractivity contribution in [3.8, 4) is 5.75 Å². The van der Waals surface area contributed by atoms with Crippen LogP contribution in [0.5, 0.6) is 5.75 Å². The highest BCUT2D eigenvalue weighted by Gasteiger charge is 2.37. The lowest BCUT2D eigenvalue weighted by Gasteiger charge is -2.35. The normalized spacial score (nSPS) is 19.6. The molecule has 3 aromatic rings. The molecule has 2 aromatic carbocycles. The van der Waals surface area contributed by atoms with Crippen LogP contribution in [0.4, 0.5) is 5.69 Å². The number of hydrazone groups is 1. The number of hydrogen-bond acceptors (Lipinski definition) is 6. The number of hydrogen-bond donors (Lipinski definition) is 1. The minimum atomic E-state index is -0.834. The molecule has 8 nitrogen and oxygen atoms in total. The Balaban J connectivity index is 1.44. The standard InChI is InChI=1S/C25H24N4O4/c1-16-8-10-17(11-9-16)18-13-20(21-7-4-12-32-21)29(27-18)24(30)15-28-14-23(25(26)31)33-22-6-3-2-5-19(22)28/h2-12,20,23H,13-15H2,1H3,(H2,26,31)/t20-,23+/m0/s1. The number of nitrogens with two attached hydrogens (primary N) is 1. The van der Waals surface area contributed by atoms with Gasteiger partial charge in [-0.25, -0.2) is 5.01 Å². The Hall–Kier alpha value is -4.07. The molecule has 2 N–H and O–H groups in total. The molecule has 0 aliphatic carbocycles.